The number of rotatable bonds is 3. The second-order valence-electron chi connectivity index (χ2n) is 10.6. The van der Waals surface area contributed by atoms with Crippen LogP contribution >= 0.6 is 11.8 Å². The summed E-state index contributed by atoms with van der Waals surface area (Å²) >= 11 is 1.86. The predicted octanol–water partition coefficient (Wildman–Crippen LogP) is 8.18. The molecule has 1 aliphatic heterocycles. The standard InChI is InChI=1S/C32H31N2OS/c1-32(2)20-22(18-23(21-32)19-30-33(3)26-13-7-8-14-28(26)36-30)10-9-15-29-34(4)31-25-12-6-5-11-24(25)16-17-27(31)35-29/h5-19H,20-21H2,1-4H3/q+1. The summed E-state index contributed by atoms with van der Waals surface area (Å²) < 4.78 is 8.35. The first-order valence-corrected chi connectivity index (χ1v) is 13.3. The molecule has 180 valence electrons. The van der Waals surface area contributed by atoms with Crippen LogP contribution in [0.2, 0.25) is 0 Å². The van der Waals surface area contributed by atoms with Crippen molar-refractivity contribution in [3.63, 3.8) is 0 Å². The summed E-state index contributed by atoms with van der Waals surface area (Å²) in [5.74, 6) is 0.848. The highest BCUT2D eigenvalue weighted by molar-refractivity contribution is 8.03. The molecule has 0 fully saturated rings. The van der Waals surface area contributed by atoms with Gasteiger partial charge in [0.05, 0.1) is 22.2 Å². The Morgan fingerprint density at radius 3 is 2.67 bits per heavy atom. The molecule has 0 atom stereocenters. The zero-order valence-electron chi connectivity index (χ0n) is 21.3. The maximum Gasteiger partial charge on any atom is 0.373 e. The number of hydrogen-bond acceptors (Lipinski definition) is 3. The molecule has 0 N–H and O–H groups in total. The van der Waals surface area contributed by atoms with Crippen molar-refractivity contribution in [2.45, 2.75) is 31.6 Å². The Kier molecular flexibility index (Phi) is 5.65. The van der Waals surface area contributed by atoms with Gasteiger partial charge in [0.1, 0.15) is 7.05 Å². The van der Waals surface area contributed by atoms with E-state index in [0.29, 0.717) is 0 Å². The number of para-hydroxylation sites is 1. The molecular weight excluding hydrogens is 460 g/mol. The van der Waals surface area contributed by atoms with E-state index in [4.69, 9.17) is 4.42 Å². The van der Waals surface area contributed by atoms with Crippen LogP contribution in [0.1, 0.15) is 32.6 Å². The highest BCUT2D eigenvalue weighted by Crippen LogP contribution is 2.46. The van der Waals surface area contributed by atoms with Gasteiger partial charge in [-0.2, -0.15) is 4.57 Å². The van der Waals surface area contributed by atoms with Gasteiger partial charge in [0.25, 0.3) is 5.52 Å². The van der Waals surface area contributed by atoms with Crippen LogP contribution in [0.3, 0.4) is 0 Å². The third kappa shape index (κ3) is 4.20. The van der Waals surface area contributed by atoms with E-state index in [1.165, 1.54) is 37.5 Å². The SMILES string of the molecule is CN1C(=CC2=CC(=CC=Cc3oc4ccc5ccccc5c4[n+]3C)CC(C)(C)C2)Sc2ccccc21. The van der Waals surface area contributed by atoms with Gasteiger partial charge in [-0.05, 0) is 65.1 Å². The third-order valence-electron chi connectivity index (χ3n) is 7.11. The van der Waals surface area contributed by atoms with Crippen LogP contribution in [-0.4, -0.2) is 7.05 Å². The van der Waals surface area contributed by atoms with Gasteiger partial charge in [-0.3, -0.25) is 0 Å². The molecule has 36 heavy (non-hydrogen) atoms. The number of nitrogens with zero attached hydrogens (tertiary/aromatic N) is 2. The van der Waals surface area contributed by atoms with Gasteiger partial charge in [-0.1, -0.05) is 80.2 Å². The van der Waals surface area contributed by atoms with E-state index in [9.17, 15) is 0 Å². The summed E-state index contributed by atoms with van der Waals surface area (Å²) in [7, 11) is 4.24. The van der Waals surface area contributed by atoms with Crippen molar-refractivity contribution in [1.82, 2.24) is 0 Å². The number of fused-ring (bicyclic) bond motifs is 4. The van der Waals surface area contributed by atoms with Crippen LogP contribution < -0.4 is 9.47 Å². The van der Waals surface area contributed by atoms with E-state index in [1.54, 1.807) is 0 Å². The quantitative estimate of drug-likeness (QED) is 0.270. The zero-order chi connectivity index (χ0) is 24.9. The van der Waals surface area contributed by atoms with Crippen molar-refractivity contribution in [1.29, 1.82) is 0 Å². The Hall–Kier alpha value is -3.50. The Morgan fingerprint density at radius 2 is 1.81 bits per heavy atom. The molecule has 0 bridgehead atoms. The molecule has 4 aromatic rings. The van der Waals surface area contributed by atoms with Gasteiger partial charge in [0.15, 0.2) is 0 Å². The van der Waals surface area contributed by atoms with Crippen molar-refractivity contribution in [3.8, 4) is 0 Å². The fourth-order valence-electron chi connectivity index (χ4n) is 5.47. The maximum absolute atomic E-state index is 6.20. The molecule has 0 spiro atoms. The van der Waals surface area contributed by atoms with Crippen LogP contribution in [0, 0.1) is 5.41 Å². The number of thioether (sulfide) groups is 1. The summed E-state index contributed by atoms with van der Waals surface area (Å²) in [6.07, 6.45) is 13.3. The molecule has 0 amide bonds. The lowest BCUT2D eigenvalue weighted by Gasteiger charge is -2.30. The summed E-state index contributed by atoms with van der Waals surface area (Å²) in [4.78, 5) is 3.63. The lowest BCUT2D eigenvalue weighted by molar-refractivity contribution is -0.651. The van der Waals surface area contributed by atoms with Crippen molar-refractivity contribution in [2.75, 3.05) is 11.9 Å². The van der Waals surface area contributed by atoms with Gasteiger partial charge in [0.2, 0.25) is 5.58 Å². The predicted molar refractivity (Wildman–Crippen MR) is 152 cm³/mol. The largest absolute Gasteiger partial charge is 0.398 e. The van der Waals surface area contributed by atoms with E-state index >= 15 is 0 Å². The third-order valence-corrected chi connectivity index (χ3v) is 8.28. The molecule has 0 radical (unpaired) electrons. The highest BCUT2D eigenvalue weighted by atomic mass is 32.2. The van der Waals surface area contributed by atoms with Crippen molar-refractivity contribution >= 4 is 45.4 Å². The molecule has 0 unspecified atom stereocenters. The average Bonchev–Trinajstić information content (AvgIpc) is 3.34. The molecule has 0 saturated heterocycles. The zero-order valence-corrected chi connectivity index (χ0v) is 22.1. The molecule has 0 saturated carbocycles. The van der Waals surface area contributed by atoms with Crippen LogP contribution in [0.25, 0.3) is 27.9 Å². The first kappa shape index (κ1) is 22.9. The molecule has 1 aromatic heterocycles. The van der Waals surface area contributed by atoms with E-state index in [0.717, 1.165) is 29.8 Å². The van der Waals surface area contributed by atoms with Crippen molar-refractivity contribution in [2.24, 2.45) is 12.5 Å². The average molecular weight is 492 g/mol. The van der Waals surface area contributed by atoms with Crippen LogP contribution in [0.4, 0.5) is 5.69 Å². The lowest BCUT2D eigenvalue weighted by Crippen LogP contribution is -2.29. The molecule has 1 aliphatic carbocycles. The highest BCUT2D eigenvalue weighted by Gasteiger charge is 2.27. The van der Waals surface area contributed by atoms with E-state index in [-0.39, 0.29) is 5.41 Å². The molecule has 3 aromatic carbocycles. The van der Waals surface area contributed by atoms with Crippen LogP contribution in [-0.2, 0) is 7.05 Å². The van der Waals surface area contributed by atoms with Gasteiger partial charge >= 0.3 is 5.89 Å². The minimum absolute atomic E-state index is 0.221. The molecule has 2 aliphatic rings. The number of aromatic nitrogens is 1. The van der Waals surface area contributed by atoms with Gasteiger partial charge < -0.3 is 9.32 Å². The van der Waals surface area contributed by atoms with E-state index in [2.05, 4.69) is 128 Å². The fourth-order valence-corrected chi connectivity index (χ4v) is 6.59. The summed E-state index contributed by atoms with van der Waals surface area (Å²) in [5.41, 5.74) is 6.28. The van der Waals surface area contributed by atoms with Crippen molar-refractivity contribution in [3.05, 3.63) is 107 Å². The number of benzene rings is 3. The molecule has 4 heteroatoms. The Labute approximate surface area is 217 Å². The first-order chi connectivity index (χ1) is 17.4. The number of aryl methyl sites for hydroxylation is 1. The molecule has 3 nitrogen and oxygen atoms in total. The number of oxazole rings is 1. The topological polar surface area (TPSA) is 20.3 Å². The van der Waals surface area contributed by atoms with Crippen LogP contribution in [0.5, 0.6) is 0 Å². The van der Waals surface area contributed by atoms with E-state index < -0.39 is 0 Å². The number of anilines is 1. The Morgan fingerprint density at radius 1 is 1.00 bits per heavy atom. The Bertz CT molecular complexity index is 1620. The second kappa shape index (κ2) is 8.86. The van der Waals surface area contributed by atoms with Crippen LogP contribution in [0.15, 0.2) is 110 Å². The summed E-state index contributed by atoms with van der Waals surface area (Å²) in [6, 6.07) is 21.3. The van der Waals surface area contributed by atoms with Gasteiger partial charge in [0, 0.05) is 11.9 Å². The summed E-state index contributed by atoms with van der Waals surface area (Å²) in [5, 5.41) is 3.73. The minimum atomic E-state index is 0.221. The lowest BCUT2D eigenvalue weighted by atomic mass is 9.75. The first-order valence-electron chi connectivity index (χ1n) is 12.5. The molecular formula is C32H31N2OS+. The van der Waals surface area contributed by atoms with Gasteiger partial charge in [-0.15, -0.1) is 0 Å². The Balaban J connectivity index is 1.30. The smallest absolute Gasteiger partial charge is 0.373 e. The normalized spacial score (nSPS) is 19.7. The molecule has 6 rings (SSSR count). The second-order valence-corrected chi connectivity index (χ2v) is 11.6. The number of allylic oxidation sites excluding steroid dienone is 6. The number of hydrogen-bond donors (Lipinski definition) is 0. The van der Waals surface area contributed by atoms with E-state index in [1.807, 2.05) is 11.8 Å². The van der Waals surface area contributed by atoms with Crippen molar-refractivity contribution < 1.29 is 8.98 Å². The fraction of sp³-hybridized carbons (Fsp3) is 0.219. The summed E-state index contributed by atoms with van der Waals surface area (Å²) in [6.45, 7) is 4.72. The molecule has 2 heterocycles. The monoisotopic (exact) mass is 491 g/mol. The van der Waals surface area contributed by atoms with Gasteiger partial charge in [-0.25, -0.2) is 0 Å². The maximum atomic E-state index is 6.20. The minimum Gasteiger partial charge on any atom is -0.398 e.